The van der Waals surface area contributed by atoms with Crippen molar-refractivity contribution in [1.29, 1.82) is 0 Å². The van der Waals surface area contributed by atoms with E-state index < -0.39 is 0 Å². The Morgan fingerprint density at radius 1 is 0.917 bits per heavy atom. The van der Waals surface area contributed by atoms with Crippen LogP contribution < -0.4 is 0 Å². The summed E-state index contributed by atoms with van der Waals surface area (Å²) in [6, 6.07) is 9.82. The highest BCUT2D eigenvalue weighted by Gasteiger charge is 2.02. The Morgan fingerprint density at radius 3 is 2.42 bits per heavy atom. The van der Waals surface area contributed by atoms with Crippen LogP contribution in [0, 0.1) is 6.92 Å². The van der Waals surface area contributed by atoms with Gasteiger partial charge in [0.05, 0.1) is 48.7 Å². The Kier molecular flexibility index (Phi) is 8.66. The maximum Gasteiger partial charge on any atom is 0.212 e. The molecule has 0 aliphatic carbocycles. The molecule has 1 aromatic carbocycles. The molecule has 1 saturated heterocycles. The van der Waals surface area contributed by atoms with Crippen LogP contribution in [-0.4, -0.2) is 82.4 Å². The number of morpholine rings is 1. The van der Waals surface area contributed by atoms with E-state index >= 15 is 0 Å². The van der Waals surface area contributed by atoms with E-state index in [1.807, 2.05) is 66.6 Å². The van der Waals surface area contributed by atoms with Crippen molar-refractivity contribution < 1.29 is 4.74 Å². The van der Waals surface area contributed by atoms with Crippen molar-refractivity contribution in [3.63, 3.8) is 0 Å². The zero-order chi connectivity index (χ0) is 25.3. The first-order valence-electron chi connectivity index (χ1n) is 11.5. The lowest BCUT2D eigenvalue weighted by Crippen LogP contribution is -2.32. The highest BCUT2D eigenvalue weighted by Crippen LogP contribution is 2.08. The van der Waals surface area contributed by atoms with Crippen molar-refractivity contribution in [2.45, 2.75) is 6.92 Å². The fraction of sp³-hybridized carbons (Fsp3) is 0.333. The van der Waals surface area contributed by atoms with Crippen molar-refractivity contribution in [3.05, 3.63) is 66.5 Å². The molecular weight excluding hydrogens is 476 g/mol. The number of nitrogens with zero attached hydrogens (tertiary/aromatic N) is 10. The van der Waals surface area contributed by atoms with Crippen molar-refractivity contribution in [1.82, 2.24) is 49.0 Å². The minimum Gasteiger partial charge on any atom is -0.379 e. The zero-order valence-corrected chi connectivity index (χ0v) is 21.7. The molecule has 0 bridgehead atoms. The lowest BCUT2D eigenvalue weighted by Gasteiger charge is -2.21. The molecule has 11 nitrogen and oxygen atoms in total. The number of aromatic nitrogens is 9. The Balaban J connectivity index is 0.000000114. The van der Waals surface area contributed by atoms with Crippen LogP contribution in [-0.2, 0) is 18.8 Å². The Bertz CT molecular complexity index is 1420. The van der Waals surface area contributed by atoms with Crippen LogP contribution in [0.1, 0.15) is 5.69 Å². The number of imidazole rings is 2. The predicted octanol–water partition coefficient (Wildman–Crippen LogP) is 2.98. The van der Waals surface area contributed by atoms with Gasteiger partial charge in [-0.1, -0.05) is 28.7 Å². The molecule has 1 aliphatic heterocycles. The third kappa shape index (κ3) is 6.47. The maximum absolute atomic E-state index is 5.10. The van der Waals surface area contributed by atoms with E-state index in [2.05, 4.69) is 42.3 Å². The molecule has 6 aromatic rings. The Hall–Kier alpha value is -3.74. The van der Waals surface area contributed by atoms with Crippen LogP contribution in [0.5, 0.6) is 0 Å². The molecule has 6 heterocycles. The second-order valence-electron chi connectivity index (χ2n) is 8.17. The van der Waals surface area contributed by atoms with E-state index in [-0.39, 0.29) is 0 Å². The Labute approximate surface area is 213 Å². The Morgan fingerprint density at radius 2 is 1.72 bits per heavy atom. The second-order valence-corrected chi connectivity index (χ2v) is 8.98. The van der Waals surface area contributed by atoms with Gasteiger partial charge in [0.1, 0.15) is 16.5 Å². The predicted molar refractivity (Wildman–Crippen MR) is 141 cm³/mol. The fourth-order valence-corrected chi connectivity index (χ4v) is 4.02. The number of hydrogen-bond acceptors (Lipinski definition) is 9. The van der Waals surface area contributed by atoms with Crippen molar-refractivity contribution in [2.75, 3.05) is 33.4 Å². The van der Waals surface area contributed by atoms with Crippen molar-refractivity contribution in [2.24, 2.45) is 14.1 Å². The van der Waals surface area contributed by atoms with Crippen LogP contribution in [0.25, 0.3) is 27.0 Å². The zero-order valence-electron chi connectivity index (χ0n) is 20.9. The highest BCUT2D eigenvalue weighted by molar-refractivity contribution is 7.14. The smallest absolute Gasteiger partial charge is 0.212 e. The fourth-order valence-electron chi connectivity index (χ4n) is 3.38. The average molecular weight is 507 g/mol. The summed E-state index contributed by atoms with van der Waals surface area (Å²) in [7, 11) is 5.97. The molecule has 0 radical (unpaired) electrons. The summed E-state index contributed by atoms with van der Waals surface area (Å²) in [5.74, 6) is 0. The normalized spacial score (nSPS) is 13.4. The quantitative estimate of drug-likeness (QED) is 0.310. The second kappa shape index (κ2) is 12.3. The van der Waals surface area contributed by atoms with Crippen LogP contribution in [0.2, 0.25) is 0 Å². The summed E-state index contributed by atoms with van der Waals surface area (Å²) in [6.45, 7) is 6.01. The van der Waals surface area contributed by atoms with Gasteiger partial charge in [0.15, 0.2) is 0 Å². The summed E-state index contributed by atoms with van der Waals surface area (Å²) < 4.78 is 10.7. The lowest BCUT2D eigenvalue weighted by molar-refractivity contribution is 0.0503. The van der Waals surface area contributed by atoms with Gasteiger partial charge < -0.3 is 14.2 Å². The number of ether oxygens (including phenoxy) is 1. The van der Waals surface area contributed by atoms with E-state index in [9.17, 15) is 0 Å². The number of likely N-dealkylation sites (N-methyl/N-ethyl adjacent to an activating group) is 1. The minimum atomic E-state index is 0.913. The first kappa shape index (κ1) is 25.4. The van der Waals surface area contributed by atoms with E-state index in [1.165, 1.54) is 0 Å². The molecule has 0 spiro atoms. The van der Waals surface area contributed by atoms with Crippen LogP contribution in [0.15, 0.2) is 60.8 Å². The average Bonchev–Trinajstić information content (AvgIpc) is 3.69. The van der Waals surface area contributed by atoms with Gasteiger partial charge in [-0.15, -0.1) is 5.10 Å². The van der Waals surface area contributed by atoms with E-state index in [0.717, 1.165) is 59.0 Å². The molecule has 12 heteroatoms. The molecular formula is C24H30N10OS. The summed E-state index contributed by atoms with van der Waals surface area (Å²) in [6.07, 6.45) is 7.13. The van der Waals surface area contributed by atoms with Crippen molar-refractivity contribution in [3.8, 4) is 0 Å². The van der Waals surface area contributed by atoms with Gasteiger partial charge in [-0.25, -0.2) is 19.2 Å². The molecule has 0 unspecified atom stereocenters. The number of benzene rings is 1. The van der Waals surface area contributed by atoms with Gasteiger partial charge in [0.25, 0.3) is 0 Å². The number of pyridine rings is 1. The van der Waals surface area contributed by atoms with Gasteiger partial charge in [-0.2, -0.15) is 5.10 Å². The SMILES string of the molecule is CN1CCOCC1.Cc1cnc2scnn12.Cn1cnc2cnccc21.Cn1nnc2ccccc21. The lowest BCUT2D eigenvalue weighted by atomic mass is 10.3. The molecule has 0 saturated carbocycles. The van der Waals surface area contributed by atoms with Crippen LogP contribution in [0.3, 0.4) is 0 Å². The molecule has 1 fully saturated rings. The van der Waals surface area contributed by atoms with E-state index in [4.69, 9.17) is 4.74 Å². The monoisotopic (exact) mass is 506 g/mol. The largest absolute Gasteiger partial charge is 0.379 e. The van der Waals surface area contributed by atoms with Gasteiger partial charge in [0, 0.05) is 33.4 Å². The summed E-state index contributed by atoms with van der Waals surface area (Å²) in [5, 5.41) is 11.8. The number of rotatable bonds is 0. The molecule has 188 valence electrons. The third-order valence-corrected chi connectivity index (χ3v) is 6.17. The summed E-state index contributed by atoms with van der Waals surface area (Å²) in [5.41, 5.74) is 6.97. The van der Waals surface area contributed by atoms with Crippen LogP contribution in [0.4, 0.5) is 0 Å². The minimum absolute atomic E-state index is 0.913. The molecule has 36 heavy (non-hydrogen) atoms. The van der Waals surface area contributed by atoms with Crippen molar-refractivity contribution >= 4 is 38.4 Å². The number of hydrogen-bond donors (Lipinski definition) is 0. The van der Waals surface area contributed by atoms with Gasteiger partial charge in [-0.05, 0) is 32.2 Å². The summed E-state index contributed by atoms with van der Waals surface area (Å²) >= 11 is 1.55. The van der Waals surface area contributed by atoms with E-state index in [0.29, 0.717) is 0 Å². The standard InChI is InChI=1S/2C7H7N3.C5H5N3S.C5H11NO/c1-10-5-9-6-4-8-3-2-7(6)10;1-10-7-5-3-2-4-6(7)8-9-10;1-4-2-6-5-8(4)7-3-9-5;1-6-2-4-7-5-3-6/h2*2-5H,1H3;2-3H,1H3;2-5H2,1H3. The molecule has 0 atom stereocenters. The molecule has 0 N–H and O–H groups in total. The number of fused-ring (bicyclic) bond motifs is 3. The first-order chi connectivity index (χ1) is 17.5. The molecule has 5 aromatic heterocycles. The number of para-hydroxylation sites is 1. The first-order valence-corrected chi connectivity index (χ1v) is 12.4. The highest BCUT2D eigenvalue weighted by atomic mass is 32.1. The van der Waals surface area contributed by atoms with Gasteiger partial charge in [0.2, 0.25) is 4.96 Å². The van der Waals surface area contributed by atoms with Gasteiger partial charge >= 0.3 is 0 Å². The van der Waals surface area contributed by atoms with Gasteiger partial charge in [-0.3, -0.25) is 4.98 Å². The van der Waals surface area contributed by atoms with E-state index in [1.54, 1.807) is 40.3 Å². The molecule has 0 amide bonds. The topological polar surface area (TPSA) is 104 Å². The maximum atomic E-state index is 5.10. The third-order valence-electron chi connectivity index (χ3n) is 5.48. The molecule has 1 aliphatic rings. The number of aryl methyl sites for hydroxylation is 3. The summed E-state index contributed by atoms with van der Waals surface area (Å²) in [4.78, 5) is 15.4. The van der Waals surface area contributed by atoms with Crippen LogP contribution >= 0.6 is 11.3 Å². The molecule has 7 rings (SSSR count).